The maximum absolute atomic E-state index is 15.8. The van der Waals surface area contributed by atoms with Crippen molar-refractivity contribution >= 4 is 35.5 Å². The molecule has 2 N–H and O–H groups in total. The van der Waals surface area contributed by atoms with Crippen LogP contribution >= 0.6 is 0 Å². The van der Waals surface area contributed by atoms with Crippen LogP contribution < -0.4 is 15.3 Å². The molecule has 63 heavy (non-hydrogen) atoms. The van der Waals surface area contributed by atoms with E-state index in [0.29, 0.717) is 60.1 Å². The summed E-state index contributed by atoms with van der Waals surface area (Å²) in [5.41, 5.74) is 0.377. The summed E-state index contributed by atoms with van der Waals surface area (Å²) >= 11 is 0. The number of H-pyrrole nitrogens is 1. The number of alkyl carbamates (subject to hydrolysis) is 1. The number of ether oxygens (including phenoxy) is 2. The Morgan fingerprint density at radius 1 is 0.921 bits per heavy atom. The first-order valence-corrected chi connectivity index (χ1v) is 20.6. The Bertz CT molecular complexity index is 2280. The van der Waals surface area contributed by atoms with Gasteiger partial charge in [-0.1, -0.05) is 44.2 Å². The molecule has 4 heterocycles. The van der Waals surface area contributed by atoms with E-state index in [4.69, 9.17) is 14.5 Å². The maximum Gasteiger partial charge on any atom is 0.544 e. The SMILES string of the molecule is COC(=O)NC(C(=O)N1CCCC1c1nc(-c2ccc(-c3ccc(N(OC(F)(F)F)C(=O)c4ccc(N5C[C@H](C)N(C(=O)OC(C)(C)C)C[C@H]5C)nc4)c(F)c3)cc2)c[nH]1)C(C)C. The number of methoxy groups -OCH3 is 1. The van der Waals surface area contributed by atoms with Gasteiger partial charge in [-0.15, -0.1) is 13.2 Å². The molecule has 0 aliphatic carbocycles. The highest BCUT2D eigenvalue weighted by Gasteiger charge is 2.40. The summed E-state index contributed by atoms with van der Waals surface area (Å²) in [7, 11) is 1.24. The molecule has 2 aromatic carbocycles. The zero-order valence-corrected chi connectivity index (χ0v) is 36.3. The van der Waals surface area contributed by atoms with Gasteiger partial charge >= 0.3 is 18.5 Å². The van der Waals surface area contributed by atoms with Crippen LogP contribution in [0.25, 0.3) is 22.4 Å². The molecular formula is C44H52F4N8O7. The van der Waals surface area contributed by atoms with Crippen LogP contribution in [0.4, 0.5) is 38.7 Å². The van der Waals surface area contributed by atoms with Gasteiger partial charge in [-0.2, -0.15) is 9.90 Å². The van der Waals surface area contributed by atoms with Crippen LogP contribution in [0.15, 0.2) is 67.0 Å². The number of aromatic amines is 1. The van der Waals surface area contributed by atoms with Crippen LogP contribution in [-0.2, 0) is 19.1 Å². The van der Waals surface area contributed by atoms with Crippen molar-refractivity contribution in [2.24, 2.45) is 5.92 Å². The van der Waals surface area contributed by atoms with Crippen molar-refractivity contribution < 1.29 is 51.1 Å². The molecule has 0 spiro atoms. The molecule has 2 aliphatic heterocycles. The number of nitrogens with zero attached hydrogens (tertiary/aromatic N) is 6. The van der Waals surface area contributed by atoms with Gasteiger partial charge in [0.1, 0.15) is 34.8 Å². The molecule has 2 unspecified atom stereocenters. The zero-order chi connectivity index (χ0) is 46.0. The number of rotatable bonds is 10. The molecule has 2 aromatic heterocycles. The number of hydrogen-bond acceptors (Lipinski definition) is 10. The third-order valence-electron chi connectivity index (χ3n) is 10.8. The molecule has 15 nitrogen and oxygen atoms in total. The van der Waals surface area contributed by atoms with E-state index in [2.05, 4.69) is 20.1 Å². The van der Waals surface area contributed by atoms with E-state index in [1.165, 1.54) is 25.3 Å². The van der Waals surface area contributed by atoms with Gasteiger partial charge in [-0.25, -0.2) is 23.9 Å². The number of pyridine rings is 1. The van der Waals surface area contributed by atoms with E-state index in [1.807, 2.05) is 32.6 Å². The number of carbonyl (C=O) groups excluding carboxylic acids is 4. The summed E-state index contributed by atoms with van der Waals surface area (Å²) in [5, 5.41) is 2.49. The fourth-order valence-corrected chi connectivity index (χ4v) is 7.66. The van der Waals surface area contributed by atoms with Crippen molar-refractivity contribution in [3.8, 4) is 22.4 Å². The zero-order valence-electron chi connectivity index (χ0n) is 36.3. The van der Waals surface area contributed by atoms with Crippen LogP contribution in [0.1, 0.15) is 83.5 Å². The highest BCUT2D eigenvalue weighted by Crippen LogP contribution is 2.35. The van der Waals surface area contributed by atoms with E-state index in [0.717, 1.165) is 24.8 Å². The lowest BCUT2D eigenvalue weighted by Crippen LogP contribution is -2.59. The van der Waals surface area contributed by atoms with E-state index in [1.54, 1.807) is 61.0 Å². The summed E-state index contributed by atoms with van der Waals surface area (Å²) in [6.45, 7) is 13.9. The monoisotopic (exact) mass is 880 g/mol. The largest absolute Gasteiger partial charge is 0.544 e. The molecule has 4 aromatic rings. The number of alkyl halides is 3. The van der Waals surface area contributed by atoms with Crippen molar-refractivity contribution in [2.75, 3.05) is 36.7 Å². The Morgan fingerprint density at radius 2 is 1.60 bits per heavy atom. The molecule has 6 rings (SSSR count). The van der Waals surface area contributed by atoms with Gasteiger partial charge in [0.15, 0.2) is 0 Å². The first-order chi connectivity index (χ1) is 29.6. The summed E-state index contributed by atoms with van der Waals surface area (Å²) < 4.78 is 67.2. The summed E-state index contributed by atoms with van der Waals surface area (Å²) in [6, 6.07) is 11.4. The van der Waals surface area contributed by atoms with E-state index in [-0.39, 0.29) is 40.6 Å². The van der Waals surface area contributed by atoms with E-state index >= 15 is 4.39 Å². The lowest BCUT2D eigenvalue weighted by molar-refractivity contribution is -0.325. The second-order valence-corrected chi connectivity index (χ2v) is 17.0. The fraction of sp³-hybridized carbons (Fsp3) is 0.455. The Morgan fingerprint density at radius 3 is 2.21 bits per heavy atom. The fourth-order valence-electron chi connectivity index (χ4n) is 7.66. The Balaban J connectivity index is 1.15. The predicted molar refractivity (Wildman–Crippen MR) is 225 cm³/mol. The van der Waals surface area contributed by atoms with Gasteiger partial charge in [-0.3, -0.25) is 9.59 Å². The average molecular weight is 881 g/mol. The molecule has 2 fully saturated rings. The first kappa shape index (κ1) is 46.3. The van der Waals surface area contributed by atoms with Gasteiger partial charge in [0.2, 0.25) is 5.91 Å². The number of likely N-dealkylation sites (tertiary alicyclic amines) is 1. The van der Waals surface area contributed by atoms with Crippen molar-refractivity contribution in [1.29, 1.82) is 0 Å². The number of hydroxylamine groups is 1. The number of hydrogen-bond donors (Lipinski definition) is 2. The second kappa shape index (κ2) is 18.6. The minimum Gasteiger partial charge on any atom is -0.453 e. The number of piperazine rings is 1. The Kier molecular flexibility index (Phi) is 13.7. The van der Waals surface area contributed by atoms with Gasteiger partial charge in [0.25, 0.3) is 5.91 Å². The minimum absolute atomic E-state index is 0.143. The van der Waals surface area contributed by atoms with Gasteiger partial charge in [0, 0.05) is 49.7 Å². The number of carbonyl (C=O) groups is 4. The standard InChI is InChI=1S/C44H52F4N8O7/c1-25(2)37(52-41(59)61-8)40(58)53-19-9-10-35(53)38-50-22-33(51-38)29-13-11-28(12-14-29)30-15-17-34(32(45)20-30)56(63-44(46,47)48)39(57)31-16-18-36(49-21-31)54-23-27(4)55(24-26(54)3)42(60)62-43(5,6)7/h11-18,20-22,25-27,35,37H,9-10,19,23-24H2,1-8H3,(H,50,51)(H,52,59)/t26-,27+,35?,37?/m1/s1. The lowest BCUT2D eigenvalue weighted by Gasteiger charge is -2.44. The number of amides is 4. The lowest BCUT2D eigenvalue weighted by atomic mass is 10.0. The Labute approximate surface area is 362 Å². The molecule has 4 atom stereocenters. The second-order valence-electron chi connectivity index (χ2n) is 17.0. The topological polar surface area (TPSA) is 163 Å². The molecule has 2 aliphatic rings. The van der Waals surface area contributed by atoms with E-state index in [9.17, 15) is 32.3 Å². The van der Waals surface area contributed by atoms with Crippen molar-refractivity contribution in [3.63, 3.8) is 0 Å². The highest BCUT2D eigenvalue weighted by atomic mass is 19.4. The third kappa shape index (κ3) is 10.9. The molecule has 19 heteroatoms. The minimum atomic E-state index is -5.35. The number of aromatic nitrogens is 3. The molecular weight excluding hydrogens is 829 g/mol. The number of anilines is 2. The van der Waals surface area contributed by atoms with Crippen LogP contribution in [0.5, 0.6) is 0 Å². The normalized spacial score (nSPS) is 18.6. The number of nitrogens with one attached hydrogen (secondary N) is 2. The van der Waals surface area contributed by atoms with Crippen molar-refractivity contribution in [3.05, 3.63) is 84.2 Å². The first-order valence-electron chi connectivity index (χ1n) is 20.6. The molecule has 0 radical (unpaired) electrons. The summed E-state index contributed by atoms with van der Waals surface area (Å²) in [4.78, 5) is 73.4. The van der Waals surface area contributed by atoms with Crippen molar-refractivity contribution in [2.45, 2.75) is 97.4 Å². The molecule has 2 saturated heterocycles. The van der Waals surface area contributed by atoms with Gasteiger partial charge in [0.05, 0.1) is 24.4 Å². The number of benzene rings is 2. The van der Waals surface area contributed by atoms with Gasteiger partial charge in [-0.05, 0) is 88.8 Å². The molecule has 4 amide bonds. The molecule has 338 valence electrons. The molecule has 0 bridgehead atoms. The summed E-state index contributed by atoms with van der Waals surface area (Å²) in [5.74, 6) is -1.89. The number of imidazole rings is 1. The van der Waals surface area contributed by atoms with Crippen LogP contribution in [0, 0.1) is 11.7 Å². The van der Waals surface area contributed by atoms with Crippen LogP contribution in [0.2, 0.25) is 0 Å². The highest BCUT2D eigenvalue weighted by molar-refractivity contribution is 6.04. The Hall–Kier alpha value is -6.24. The smallest absolute Gasteiger partial charge is 0.453 e. The van der Waals surface area contributed by atoms with Gasteiger partial charge < -0.3 is 34.5 Å². The number of halogens is 4. The average Bonchev–Trinajstić information content (AvgIpc) is 3.92. The predicted octanol–water partition coefficient (Wildman–Crippen LogP) is 8.25. The third-order valence-corrected chi connectivity index (χ3v) is 10.8. The van der Waals surface area contributed by atoms with Crippen LogP contribution in [-0.4, -0.2) is 106 Å². The maximum atomic E-state index is 15.8. The quantitative estimate of drug-likeness (QED) is 0.117. The van der Waals surface area contributed by atoms with Crippen LogP contribution in [0.3, 0.4) is 0 Å². The summed E-state index contributed by atoms with van der Waals surface area (Å²) in [6.07, 6.45) is -2.28. The molecule has 0 saturated carbocycles. The van der Waals surface area contributed by atoms with Crippen molar-refractivity contribution in [1.82, 2.24) is 30.1 Å². The van der Waals surface area contributed by atoms with E-state index < -0.39 is 47.6 Å².